The van der Waals surface area contributed by atoms with Crippen molar-refractivity contribution >= 4 is 17.4 Å². The number of nitrogens with zero attached hydrogens (tertiary/aromatic N) is 2. The second-order valence-corrected chi connectivity index (χ2v) is 9.45. The van der Waals surface area contributed by atoms with Crippen LogP contribution in [0.15, 0.2) is 88.7 Å². The quantitative estimate of drug-likeness (QED) is 0.308. The number of alkyl halides is 3. The summed E-state index contributed by atoms with van der Waals surface area (Å²) < 4.78 is 47.1. The topological polar surface area (TPSA) is 80.0 Å². The van der Waals surface area contributed by atoms with Gasteiger partial charge in [0, 0.05) is 17.3 Å². The zero-order valence-corrected chi connectivity index (χ0v) is 23.4. The zero-order valence-electron chi connectivity index (χ0n) is 23.4. The number of carbonyl (C=O) groups is 1. The minimum Gasteiger partial charge on any atom is -0.490 e. The molecule has 0 spiro atoms. The summed E-state index contributed by atoms with van der Waals surface area (Å²) in [5, 5.41) is 3.32. The van der Waals surface area contributed by atoms with Gasteiger partial charge in [0.1, 0.15) is 17.4 Å². The summed E-state index contributed by atoms with van der Waals surface area (Å²) in [6, 6.07) is 12.7. The molecule has 3 rings (SSSR count). The molecular weight excluding hydrogens is 517 g/mol. The lowest BCUT2D eigenvalue weighted by molar-refractivity contribution is -0.138. The van der Waals surface area contributed by atoms with Crippen molar-refractivity contribution in [3.63, 3.8) is 0 Å². The highest BCUT2D eigenvalue weighted by molar-refractivity contribution is 6.15. The van der Waals surface area contributed by atoms with Crippen LogP contribution in [0.2, 0.25) is 0 Å². The van der Waals surface area contributed by atoms with E-state index in [1.165, 1.54) is 29.2 Å². The van der Waals surface area contributed by atoms with E-state index in [1.807, 2.05) is 38.1 Å². The third-order valence-corrected chi connectivity index (χ3v) is 6.66. The van der Waals surface area contributed by atoms with Crippen molar-refractivity contribution in [3.8, 4) is 5.75 Å². The van der Waals surface area contributed by atoms with Crippen molar-refractivity contribution in [1.82, 2.24) is 4.90 Å². The van der Waals surface area contributed by atoms with Crippen LogP contribution in [-0.4, -0.2) is 29.3 Å². The number of hydrogen-bond donors (Lipinski definition) is 2. The van der Waals surface area contributed by atoms with Crippen LogP contribution in [0.4, 0.5) is 18.9 Å². The number of allylic oxidation sites excluding steroid dienone is 2. The first kappa shape index (κ1) is 30.7. The van der Waals surface area contributed by atoms with Gasteiger partial charge in [-0.15, -0.1) is 0 Å². The number of nitrogens with two attached hydrogens (primary N) is 1. The van der Waals surface area contributed by atoms with Crippen molar-refractivity contribution in [2.45, 2.75) is 65.8 Å². The van der Waals surface area contributed by atoms with Crippen LogP contribution in [-0.2, 0) is 17.5 Å². The number of hydrogen-bond acceptors (Lipinski definition) is 5. The lowest BCUT2D eigenvalue weighted by Crippen LogP contribution is -2.39. The highest BCUT2D eigenvalue weighted by Gasteiger charge is 2.34. The highest BCUT2D eigenvalue weighted by atomic mass is 19.4. The Balaban J connectivity index is 1.97. The zero-order chi connectivity index (χ0) is 29.3. The van der Waals surface area contributed by atoms with E-state index in [-0.39, 0.29) is 24.0 Å². The first-order valence-corrected chi connectivity index (χ1v) is 13.4. The number of benzene rings is 2. The molecule has 6 nitrogen and oxygen atoms in total. The van der Waals surface area contributed by atoms with Gasteiger partial charge in [-0.25, -0.2) is 4.99 Å². The van der Waals surface area contributed by atoms with E-state index >= 15 is 0 Å². The summed E-state index contributed by atoms with van der Waals surface area (Å²) in [6.07, 6.45) is 2.53. The fourth-order valence-corrected chi connectivity index (χ4v) is 4.18. The van der Waals surface area contributed by atoms with Gasteiger partial charge < -0.3 is 15.8 Å². The molecule has 1 amide bonds. The van der Waals surface area contributed by atoms with Crippen molar-refractivity contribution in [2.75, 3.05) is 11.9 Å². The van der Waals surface area contributed by atoms with Crippen LogP contribution < -0.4 is 15.8 Å². The Morgan fingerprint density at radius 3 is 2.42 bits per heavy atom. The molecule has 1 atom stereocenters. The molecule has 1 aliphatic rings. The summed E-state index contributed by atoms with van der Waals surface area (Å²) in [6.45, 7) is 8.02. The number of nitrogens with one attached hydrogen (secondary N) is 1. The average molecular weight is 555 g/mol. The molecule has 3 N–H and O–H groups in total. The van der Waals surface area contributed by atoms with Crippen LogP contribution in [0.25, 0.3) is 0 Å². The molecule has 1 aliphatic heterocycles. The molecule has 40 heavy (non-hydrogen) atoms. The van der Waals surface area contributed by atoms with E-state index in [1.54, 1.807) is 19.1 Å². The maximum absolute atomic E-state index is 13.7. The Hall–Kier alpha value is -3.85. The Kier molecular flexibility index (Phi) is 10.7. The molecule has 0 aromatic heterocycles. The molecule has 1 heterocycles. The smallest absolute Gasteiger partial charge is 0.416 e. The molecule has 214 valence electrons. The lowest BCUT2D eigenvalue weighted by atomic mass is 10.0. The van der Waals surface area contributed by atoms with E-state index < -0.39 is 17.6 Å². The first-order chi connectivity index (χ1) is 19.1. The predicted octanol–water partition coefficient (Wildman–Crippen LogP) is 7.21. The van der Waals surface area contributed by atoms with Gasteiger partial charge in [-0.05, 0) is 87.2 Å². The molecule has 0 saturated heterocycles. The van der Waals surface area contributed by atoms with E-state index in [2.05, 4.69) is 12.2 Å². The van der Waals surface area contributed by atoms with Gasteiger partial charge in [0.25, 0.3) is 5.91 Å². The molecule has 2 aromatic rings. The van der Waals surface area contributed by atoms with E-state index in [9.17, 15) is 18.0 Å². The second-order valence-electron chi connectivity index (χ2n) is 9.45. The molecule has 1 unspecified atom stereocenters. The van der Waals surface area contributed by atoms with Gasteiger partial charge in [-0.1, -0.05) is 38.1 Å². The summed E-state index contributed by atoms with van der Waals surface area (Å²) in [5.41, 5.74) is 7.17. The van der Waals surface area contributed by atoms with Crippen molar-refractivity contribution in [1.29, 1.82) is 0 Å². The van der Waals surface area contributed by atoms with Gasteiger partial charge in [-0.3, -0.25) is 9.69 Å². The number of carbonyl (C=O) groups excluding carboxylic acids is 1. The summed E-state index contributed by atoms with van der Waals surface area (Å²) in [7, 11) is 0. The molecule has 2 aromatic carbocycles. The molecule has 0 saturated carbocycles. The van der Waals surface area contributed by atoms with Gasteiger partial charge in [0.05, 0.1) is 18.2 Å². The SMILES string of the molecule is C/C=C1/C=CC(=O)N(Cc2ccccc2C(F)(F)F)/C1=N/C(Nc1ccc(OC(CC)CCN)cc1)=C(\C)CC. The molecule has 0 aliphatic carbocycles. The van der Waals surface area contributed by atoms with E-state index in [0.717, 1.165) is 35.9 Å². The number of aliphatic imine (C=N–C) groups is 1. The van der Waals surface area contributed by atoms with E-state index in [0.29, 0.717) is 24.4 Å². The van der Waals surface area contributed by atoms with Gasteiger partial charge in [0.15, 0.2) is 0 Å². The Morgan fingerprint density at radius 1 is 1.12 bits per heavy atom. The number of halogens is 3. The largest absolute Gasteiger partial charge is 0.490 e. The highest BCUT2D eigenvalue weighted by Crippen LogP contribution is 2.33. The lowest BCUT2D eigenvalue weighted by Gasteiger charge is -2.28. The van der Waals surface area contributed by atoms with Crippen LogP contribution in [0.5, 0.6) is 5.75 Å². The number of ether oxygens (including phenoxy) is 1. The maximum Gasteiger partial charge on any atom is 0.416 e. The molecule has 0 radical (unpaired) electrons. The number of amidine groups is 1. The minimum absolute atomic E-state index is 0.0110. The van der Waals surface area contributed by atoms with Crippen LogP contribution in [0.3, 0.4) is 0 Å². The van der Waals surface area contributed by atoms with Crippen LogP contribution in [0, 0.1) is 0 Å². The Morgan fingerprint density at radius 2 is 1.82 bits per heavy atom. The standard InChI is InChI=1S/C31H37F3N4O2/c1-5-21(4)29(36-24-13-15-26(16-14-24)40-25(7-3)18-19-35)37-30-22(6-2)12-17-28(39)38(30)20-23-10-8-9-11-27(23)31(32,33)34/h6,8-17,25,36H,5,7,18-20,35H2,1-4H3/b22-6-,29-21+,37-30+. The van der Waals surface area contributed by atoms with Gasteiger partial charge in [-0.2, -0.15) is 13.2 Å². The number of rotatable bonds is 11. The van der Waals surface area contributed by atoms with Crippen molar-refractivity contribution < 1.29 is 22.7 Å². The normalized spacial score (nSPS) is 17.3. The number of amides is 1. The Bertz CT molecular complexity index is 1290. The molecular formula is C31H37F3N4O2. The third-order valence-electron chi connectivity index (χ3n) is 6.66. The monoisotopic (exact) mass is 554 g/mol. The summed E-state index contributed by atoms with van der Waals surface area (Å²) in [5.74, 6) is 1.06. The maximum atomic E-state index is 13.7. The van der Waals surface area contributed by atoms with Crippen molar-refractivity contribution in [3.05, 3.63) is 94.9 Å². The first-order valence-electron chi connectivity index (χ1n) is 13.4. The van der Waals surface area contributed by atoms with Gasteiger partial charge in [0.2, 0.25) is 0 Å². The average Bonchev–Trinajstić information content (AvgIpc) is 2.94. The molecule has 0 bridgehead atoms. The van der Waals surface area contributed by atoms with Crippen LogP contribution >= 0.6 is 0 Å². The second kappa shape index (κ2) is 14.0. The minimum atomic E-state index is -4.55. The third kappa shape index (κ3) is 7.85. The fraction of sp³-hybridized carbons (Fsp3) is 0.355. The molecule has 9 heteroatoms. The van der Waals surface area contributed by atoms with E-state index in [4.69, 9.17) is 15.5 Å². The predicted molar refractivity (Wildman–Crippen MR) is 154 cm³/mol. The fourth-order valence-electron chi connectivity index (χ4n) is 4.18. The Labute approximate surface area is 234 Å². The summed E-state index contributed by atoms with van der Waals surface area (Å²) >= 11 is 0. The van der Waals surface area contributed by atoms with Gasteiger partial charge >= 0.3 is 6.18 Å². The number of anilines is 1. The molecule has 0 fully saturated rings. The van der Waals surface area contributed by atoms with Crippen molar-refractivity contribution in [2.24, 2.45) is 10.7 Å². The van der Waals surface area contributed by atoms with Crippen LogP contribution in [0.1, 0.15) is 58.1 Å². The summed E-state index contributed by atoms with van der Waals surface area (Å²) in [4.78, 5) is 19.1.